The molecule has 0 saturated carbocycles. The lowest BCUT2D eigenvalue weighted by Gasteiger charge is -2.37. The summed E-state index contributed by atoms with van der Waals surface area (Å²) in [6.07, 6.45) is 5.59. The highest BCUT2D eigenvalue weighted by Gasteiger charge is 2.74. The summed E-state index contributed by atoms with van der Waals surface area (Å²) in [5, 5.41) is 9.85. The number of para-hydroxylation sites is 1. The quantitative estimate of drug-likeness (QED) is 0.274. The van der Waals surface area contributed by atoms with Gasteiger partial charge in [0, 0.05) is 24.9 Å². The van der Waals surface area contributed by atoms with Crippen molar-refractivity contribution < 1.29 is 24.2 Å². The Kier molecular flexibility index (Phi) is 7.93. The molecule has 7 nitrogen and oxygen atoms in total. The zero-order chi connectivity index (χ0) is 25.2. The van der Waals surface area contributed by atoms with Gasteiger partial charge >= 0.3 is 5.97 Å². The van der Waals surface area contributed by atoms with Crippen molar-refractivity contribution in [2.45, 2.75) is 41.7 Å². The molecule has 188 valence electrons. The van der Waals surface area contributed by atoms with Gasteiger partial charge in [-0.3, -0.25) is 14.4 Å². The lowest BCUT2D eigenvalue weighted by atomic mass is 9.71. The molecule has 1 N–H and O–H groups in total. The standard InChI is InChI=1S/C26H31ClN2O5S/c1-3-5-16-34-25(33)20-19-11-12-26(35-19)21(20)23(31)29(14-8-15-30)22(26)24(32)28(13-4-2)18-10-7-6-9-17(18)27/h3-4,6-7,9-10,19-22,30H,1-2,5,8,11-16H2/t19-,20+,21-,22?,26?/m0/s1. The van der Waals surface area contributed by atoms with Gasteiger partial charge in [0.05, 0.1) is 33.9 Å². The van der Waals surface area contributed by atoms with Crippen molar-refractivity contribution in [2.24, 2.45) is 11.8 Å². The van der Waals surface area contributed by atoms with Crippen LogP contribution in [-0.4, -0.2) is 70.1 Å². The van der Waals surface area contributed by atoms with E-state index in [1.807, 2.05) is 0 Å². The number of esters is 1. The molecule has 3 aliphatic heterocycles. The van der Waals surface area contributed by atoms with Crippen LogP contribution in [0.25, 0.3) is 0 Å². The monoisotopic (exact) mass is 518 g/mol. The molecular formula is C26H31ClN2O5S. The number of anilines is 1. The first-order valence-electron chi connectivity index (χ1n) is 11.9. The van der Waals surface area contributed by atoms with E-state index in [0.717, 1.165) is 6.42 Å². The molecule has 9 heteroatoms. The molecule has 3 saturated heterocycles. The van der Waals surface area contributed by atoms with E-state index >= 15 is 0 Å². The molecule has 35 heavy (non-hydrogen) atoms. The van der Waals surface area contributed by atoms with Gasteiger partial charge < -0.3 is 19.6 Å². The number of carbonyl (C=O) groups excluding carboxylic acids is 3. The second kappa shape index (κ2) is 10.8. The van der Waals surface area contributed by atoms with Crippen LogP contribution in [0.1, 0.15) is 25.7 Å². The van der Waals surface area contributed by atoms with Crippen LogP contribution in [0.4, 0.5) is 5.69 Å². The summed E-state index contributed by atoms with van der Waals surface area (Å²) < 4.78 is 4.77. The van der Waals surface area contributed by atoms with E-state index in [4.69, 9.17) is 16.3 Å². The third-order valence-corrected chi connectivity index (χ3v) is 9.42. The molecule has 1 spiro atoms. The van der Waals surface area contributed by atoms with Crippen molar-refractivity contribution >= 4 is 46.8 Å². The maximum Gasteiger partial charge on any atom is 0.310 e. The van der Waals surface area contributed by atoms with Crippen LogP contribution in [0.2, 0.25) is 5.02 Å². The molecule has 1 aromatic rings. The number of hydrogen-bond donors (Lipinski definition) is 1. The number of thioether (sulfide) groups is 1. The van der Waals surface area contributed by atoms with E-state index in [0.29, 0.717) is 30.0 Å². The fourth-order valence-electron chi connectivity index (χ4n) is 5.78. The van der Waals surface area contributed by atoms with Crippen molar-refractivity contribution in [3.8, 4) is 0 Å². The zero-order valence-electron chi connectivity index (χ0n) is 19.6. The lowest BCUT2D eigenvalue weighted by molar-refractivity contribution is -0.154. The van der Waals surface area contributed by atoms with Gasteiger partial charge in [-0.25, -0.2) is 0 Å². The first kappa shape index (κ1) is 25.8. The predicted octanol–water partition coefficient (Wildman–Crippen LogP) is 3.45. The largest absolute Gasteiger partial charge is 0.465 e. The fraction of sp³-hybridized carbons (Fsp3) is 0.500. The Morgan fingerprint density at radius 2 is 2.09 bits per heavy atom. The lowest BCUT2D eigenvalue weighted by Crippen LogP contribution is -2.55. The van der Waals surface area contributed by atoms with Gasteiger partial charge in [0.2, 0.25) is 5.91 Å². The van der Waals surface area contributed by atoms with Crippen LogP contribution in [-0.2, 0) is 19.1 Å². The number of amides is 2. The van der Waals surface area contributed by atoms with Gasteiger partial charge in [-0.2, -0.15) is 0 Å². The number of carbonyl (C=O) groups is 3. The van der Waals surface area contributed by atoms with Gasteiger partial charge in [-0.05, 0) is 37.8 Å². The highest BCUT2D eigenvalue weighted by Crippen LogP contribution is 2.66. The summed E-state index contributed by atoms with van der Waals surface area (Å²) in [7, 11) is 0. The molecule has 0 aromatic heterocycles. The van der Waals surface area contributed by atoms with Crippen molar-refractivity contribution in [1.82, 2.24) is 4.90 Å². The average molecular weight is 519 g/mol. The average Bonchev–Trinajstić information content (AvgIpc) is 3.49. The minimum atomic E-state index is -0.774. The highest BCUT2D eigenvalue weighted by atomic mass is 35.5. The molecule has 1 aromatic carbocycles. The summed E-state index contributed by atoms with van der Waals surface area (Å²) in [6.45, 7) is 8.04. The summed E-state index contributed by atoms with van der Waals surface area (Å²) in [4.78, 5) is 44.3. The zero-order valence-corrected chi connectivity index (χ0v) is 21.2. The first-order valence-corrected chi connectivity index (χ1v) is 13.2. The van der Waals surface area contributed by atoms with E-state index in [1.165, 1.54) is 0 Å². The summed E-state index contributed by atoms with van der Waals surface area (Å²) >= 11 is 8.04. The highest BCUT2D eigenvalue weighted by molar-refractivity contribution is 8.02. The molecule has 0 radical (unpaired) electrons. The second-order valence-electron chi connectivity index (χ2n) is 9.10. The molecule has 3 heterocycles. The molecule has 2 amide bonds. The third kappa shape index (κ3) is 4.41. The summed E-state index contributed by atoms with van der Waals surface area (Å²) in [5.74, 6) is -2.07. The maximum atomic E-state index is 14.2. The number of fused-ring (bicyclic) bond motifs is 1. The topological polar surface area (TPSA) is 87.2 Å². The normalized spacial score (nSPS) is 28.6. The Balaban J connectivity index is 1.72. The number of hydrogen-bond acceptors (Lipinski definition) is 6. The van der Waals surface area contributed by atoms with Crippen LogP contribution in [0.5, 0.6) is 0 Å². The number of nitrogens with zero attached hydrogens (tertiary/aromatic N) is 2. The smallest absolute Gasteiger partial charge is 0.310 e. The first-order chi connectivity index (χ1) is 16.9. The molecule has 0 aliphatic carbocycles. The predicted molar refractivity (Wildman–Crippen MR) is 137 cm³/mol. The Morgan fingerprint density at radius 1 is 1.31 bits per heavy atom. The van der Waals surface area contributed by atoms with Gasteiger partial charge in [-0.1, -0.05) is 35.9 Å². The van der Waals surface area contributed by atoms with Crippen LogP contribution in [0, 0.1) is 11.8 Å². The minimum absolute atomic E-state index is 0.0661. The third-order valence-electron chi connectivity index (χ3n) is 7.15. The Hall–Kier alpha value is -2.29. The van der Waals surface area contributed by atoms with Crippen molar-refractivity contribution in [3.05, 3.63) is 54.6 Å². The molecule has 5 atom stereocenters. The number of aliphatic hydroxyl groups is 1. The van der Waals surface area contributed by atoms with E-state index in [2.05, 4.69) is 13.2 Å². The van der Waals surface area contributed by atoms with Crippen molar-refractivity contribution in [1.29, 1.82) is 0 Å². The SMILES string of the molecule is C=CCCOC(=O)[C@@H]1[C@@H]2CCC3(S2)C(C(=O)N(CC=C)c2ccccc2Cl)N(CCCO)C(=O)[C@H]13. The van der Waals surface area contributed by atoms with Gasteiger partial charge in [-0.15, -0.1) is 24.9 Å². The minimum Gasteiger partial charge on any atom is -0.465 e. The van der Waals surface area contributed by atoms with Crippen LogP contribution < -0.4 is 4.90 Å². The number of likely N-dealkylation sites (tertiary alicyclic amines) is 1. The van der Waals surface area contributed by atoms with E-state index in [1.54, 1.807) is 58.0 Å². The molecule has 3 aliphatic rings. The summed E-state index contributed by atoms with van der Waals surface area (Å²) in [5.41, 5.74) is 0.548. The number of rotatable bonds is 11. The van der Waals surface area contributed by atoms with Gasteiger partial charge in [0.25, 0.3) is 5.91 Å². The molecule has 4 rings (SSSR count). The molecule has 3 fully saturated rings. The van der Waals surface area contributed by atoms with E-state index < -0.39 is 22.6 Å². The van der Waals surface area contributed by atoms with Gasteiger partial charge in [0.15, 0.2) is 0 Å². The second-order valence-corrected chi connectivity index (χ2v) is 11.1. The molecule has 2 unspecified atom stereocenters. The fourth-order valence-corrected chi connectivity index (χ4v) is 8.21. The Morgan fingerprint density at radius 3 is 2.77 bits per heavy atom. The van der Waals surface area contributed by atoms with E-state index in [9.17, 15) is 19.5 Å². The van der Waals surface area contributed by atoms with Crippen LogP contribution >= 0.6 is 23.4 Å². The molecule has 2 bridgehead atoms. The Labute approximate surface area is 215 Å². The van der Waals surface area contributed by atoms with Gasteiger partial charge in [0.1, 0.15) is 6.04 Å². The summed E-state index contributed by atoms with van der Waals surface area (Å²) in [6, 6.07) is 6.31. The number of halogens is 1. The van der Waals surface area contributed by atoms with E-state index in [-0.39, 0.29) is 49.3 Å². The van der Waals surface area contributed by atoms with Crippen molar-refractivity contribution in [2.75, 3.05) is 31.2 Å². The van der Waals surface area contributed by atoms with Crippen molar-refractivity contribution in [3.63, 3.8) is 0 Å². The van der Waals surface area contributed by atoms with Crippen LogP contribution in [0.3, 0.4) is 0 Å². The Bertz CT molecular complexity index is 1020. The number of ether oxygens (including phenoxy) is 1. The number of aliphatic hydroxyl groups excluding tert-OH is 1. The number of benzene rings is 1. The van der Waals surface area contributed by atoms with Crippen LogP contribution in [0.15, 0.2) is 49.6 Å². The molecular weight excluding hydrogens is 488 g/mol. The maximum absolute atomic E-state index is 14.2.